The van der Waals surface area contributed by atoms with Crippen LogP contribution in [-0.2, 0) is 9.53 Å². The van der Waals surface area contributed by atoms with Gasteiger partial charge in [0.05, 0.1) is 6.61 Å². The number of hydrogen-bond acceptors (Lipinski definition) is 5. The highest BCUT2D eigenvalue weighted by molar-refractivity contribution is 5.77. The number of amides is 2. The van der Waals surface area contributed by atoms with Crippen molar-refractivity contribution >= 4 is 12.0 Å². The highest BCUT2D eigenvalue weighted by Gasteiger charge is 2.30. The van der Waals surface area contributed by atoms with Crippen LogP contribution in [0.25, 0.3) is 0 Å². The topological polar surface area (TPSA) is 62.3 Å². The fourth-order valence-electron chi connectivity index (χ4n) is 3.84. The van der Waals surface area contributed by atoms with Crippen LogP contribution in [0.4, 0.5) is 4.79 Å². The number of aryl methyl sites for hydroxylation is 1. The fraction of sp³-hybridized carbons (Fsp3) is 0.619. The molecule has 2 aliphatic heterocycles. The molecule has 7 nitrogen and oxygen atoms in total. The first kappa shape index (κ1) is 20.5. The van der Waals surface area contributed by atoms with Crippen molar-refractivity contribution in [2.75, 3.05) is 52.5 Å². The summed E-state index contributed by atoms with van der Waals surface area (Å²) in [5.74, 6) is 0.767. The van der Waals surface area contributed by atoms with Crippen molar-refractivity contribution in [2.45, 2.75) is 32.7 Å². The maximum Gasteiger partial charge on any atom is 0.409 e. The van der Waals surface area contributed by atoms with Crippen molar-refractivity contribution in [2.24, 2.45) is 0 Å². The molecule has 1 aromatic carbocycles. The molecule has 7 heteroatoms. The Morgan fingerprint density at radius 3 is 2.21 bits per heavy atom. The molecule has 0 aromatic heterocycles. The molecule has 154 valence electrons. The molecule has 0 N–H and O–H groups in total. The summed E-state index contributed by atoms with van der Waals surface area (Å²) in [6.45, 7) is 9.05. The molecule has 0 bridgehead atoms. The Kier molecular flexibility index (Phi) is 7.14. The molecular weight excluding hydrogens is 358 g/mol. The van der Waals surface area contributed by atoms with Gasteiger partial charge in [0.15, 0.2) is 6.61 Å². The molecule has 2 fully saturated rings. The van der Waals surface area contributed by atoms with Gasteiger partial charge < -0.3 is 19.3 Å². The van der Waals surface area contributed by atoms with Crippen LogP contribution in [0.5, 0.6) is 5.75 Å². The van der Waals surface area contributed by atoms with E-state index in [4.69, 9.17) is 9.47 Å². The monoisotopic (exact) mass is 389 g/mol. The van der Waals surface area contributed by atoms with Gasteiger partial charge in [0.25, 0.3) is 5.91 Å². The van der Waals surface area contributed by atoms with Gasteiger partial charge >= 0.3 is 6.09 Å². The van der Waals surface area contributed by atoms with Crippen molar-refractivity contribution < 1.29 is 19.1 Å². The molecule has 1 aromatic rings. The van der Waals surface area contributed by atoms with E-state index in [1.165, 1.54) is 5.56 Å². The summed E-state index contributed by atoms with van der Waals surface area (Å²) in [4.78, 5) is 30.4. The first-order valence-corrected chi connectivity index (χ1v) is 10.2. The molecule has 0 spiro atoms. The Hall–Kier alpha value is -2.28. The van der Waals surface area contributed by atoms with E-state index < -0.39 is 0 Å². The van der Waals surface area contributed by atoms with Gasteiger partial charge in [-0.25, -0.2) is 4.79 Å². The Morgan fingerprint density at radius 2 is 1.61 bits per heavy atom. The van der Waals surface area contributed by atoms with Gasteiger partial charge in [-0.15, -0.1) is 0 Å². The molecular formula is C21H31N3O4. The largest absolute Gasteiger partial charge is 0.484 e. The molecule has 0 radical (unpaired) electrons. The lowest BCUT2D eigenvalue weighted by Gasteiger charge is -2.42. The second kappa shape index (κ2) is 9.78. The van der Waals surface area contributed by atoms with Crippen molar-refractivity contribution in [1.82, 2.24) is 14.7 Å². The maximum absolute atomic E-state index is 12.4. The lowest BCUT2D eigenvalue weighted by molar-refractivity contribution is -0.135. The van der Waals surface area contributed by atoms with Crippen LogP contribution in [0.2, 0.25) is 0 Å². The number of carbonyl (C=O) groups is 2. The van der Waals surface area contributed by atoms with Gasteiger partial charge in [-0.3, -0.25) is 9.69 Å². The van der Waals surface area contributed by atoms with Gasteiger partial charge in [-0.1, -0.05) is 17.7 Å². The van der Waals surface area contributed by atoms with Crippen LogP contribution < -0.4 is 4.74 Å². The number of rotatable bonds is 5. The first-order chi connectivity index (χ1) is 13.6. The van der Waals surface area contributed by atoms with Crippen LogP contribution in [-0.4, -0.2) is 85.2 Å². The van der Waals surface area contributed by atoms with Crippen molar-refractivity contribution in [1.29, 1.82) is 0 Å². The Bertz CT molecular complexity index is 648. The number of piperidine rings is 1. The Balaban J connectivity index is 1.38. The zero-order valence-electron chi connectivity index (χ0n) is 16.9. The van der Waals surface area contributed by atoms with Gasteiger partial charge in [0.1, 0.15) is 5.75 Å². The summed E-state index contributed by atoms with van der Waals surface area (Å²) >= 11 is 0. The summed E-state index contributed by atoms with van der Waals surface area (Å²) < 4.78 is 10.7. The van der Waals surface area contributed by atoms with Crippen LogP contribution in [0, 0.1) is 6.92 Å². The fourth-order valence-corrected chi connectivity index (χ4v) is 3.84. The summed E-state index contributed by atoms with van der Waals surface area (Å²) in [7, 11) is 0. The SMILES string of the molecule is CCOC(=O)N1CCC(N2CCN(C(=O)COc3ccc(C)cc3)CC2)CC1. The highest BCUT2D eigenvalue weighted by Crippen LogP contribution is 2.19. The molecule has 2 saturated heterocycles. The molecule has 0 saturated carbocycles. The van der Waals surface area contributed by atoms with E-state index in [1.807, 2.05) is 43.0 Å². The van der Waals surface area contributed by atoms with E-state index in [9.17, 15) is 9.59 Å². The van der Waals surface area contributed by atoms with Crippen LogP contribution in [0.1, 0.15) is 25.3 Å². The summed E-state index contributed by atoms with van der Waals surface area (Å²) in [6.07, 6.45) is 1.72. The van der Waals surface area contributed by atoms with Gasteiger partial charge in [-0.05, 0) is 38.8 Å². The van der Waals surface area contributed by atoms with E-state index in [2.05, 4.69) is 4.90 Å². The van der Waals surface area contributed by atoms with Crippen molar-refractivity contribution in [3.8, 4) is 5.75 Å². The number of carbonyl (C=O) groups excluding carboxylic acids is 2. The maximum atomic E-state index is 12.4. The normalized spacial score (nSPS) is 18.8. The third-order valence-electron chi connectivity index (χ3n) is 5.56. The Labute approximate surface area is 167 Å². The molecule has 2 aliphatic rings. The quantitative estimate of drug-likeness (QED) is 0.772. The minimum absolute atomic E-state index is 0.0392. The average Bonchev–Trinajstić information content (AvgIpc) is 2.73. The summed E-state index contributed by atoms with van der Waals surface area (Å²) in [6, 6.07) is 8.22. The van der Waals surface area contributed by atoms with Crippen LogP contribution in [0.3, 0.4) is 0 Å². The van der Waals surface area contributed by atoms with Crippen molar-refractivity contribution in [3.63, 3.8) is 0 Å². The predicted octanol–water partition coefficient (Wildman–Crippen LogP) is 2.14. The minimum Gasteiger partial charge on any atom is -0.484 e. The smallest absolute Gasteiger partial charge is 0.409 e. The molecule has 2 amide bonds. The van der Waals surface area contributed by atoms with Gasteiger partial charge in [0, 0.05) is 45.3 Å². The van der Waals surface area contributed by atoms with E-state index in [0.29, 0.717) is 12.6 Å². The molecule has 0 atom stereocenters. The molecule has 0 aliphatic carbocycles. The summed E-state index contributed by atoms with van der Waals surface area (Å²) in [5.41, 5.74) is 1.17. The lowest BCUT2D eigenvalue weighted by atomic mass is 10.0. The predicted molar refractivity (Wildman–Crippen MR) is 106 cm³/mol. The van der Waals surface area contributed by atoms with E-state index in [-0.39, 0.29) is 18.6 Å². The average molecular weight is 389 g/mol. The molecule has 0 unspecified atom stereocenters. The molecule has 3 rings (SSSR count). The number of benzene rings is 1. The number of nitrogens with zero attached hydrogens (tertiary/aromatic N) is 3. The number of ether oxygens (including phenoxy) is 2. The minimum atomic E-state index is -0.204. The number of hydrogen-bond donors (Lipinski definition) is 0. The van der Waals surface area contributed by atoms with Crippen LogP contribution in [0.15, 0.2) is 24.3 Å². The summed E-state index contributed by atoms with van der Waals surface area (Å²) in [5, 5.41) is 0. The third kappa shape index (κ3) is 5.38. The molecule has 28 heavy (non-hydrogen) atoms. The first-order valence-electron chi connectivity index (χ1n) is 10.2. The number of piperazine rings is 1. The zero-order valence-corrected chi connectivity index (χ0v) is 16.9. The number of likely N-dealkylation sites (tertiary alicyclic amines) is 1. The van der Waals surface area contributed by atoms with Crippen molar-refractivity contribution in [3.05, 3.63) is 29.8 Å². The zero-order chi connectivity index (χ0) is 19.9. The second-order valence-corrected chi connectivity index (χ2v) is 7.44. The van der Waals surface area contributed by atoms with Crippen LogP contribution >= 0.6 is 0 Å². The van der Waals surface area contributed by atoms with Gasteiger partial charge in [0.2, 0.25) is 0 Å². The van der Waals surface area contributed by atoms with E-state index in [0.717, 1.165) is 57.9 Å². The van der Waals surface area contributed by atoms with Gasteiger partial charge in [-0.2, -0.15) is 0 Å². The molecule has 2 heterocycles. The van der Waals surface area contributed by atoms with E-state index in [1.54, 1.807) is 4.90 Å². The second-order valence-electron chi connectivity index (χ2n) is 7.44. The standard InChI is InChI=1S/C21H31N3O4/c1-3-27-21(26)24-10-8-18(9-11-24)22-12-14-23(15-13-22)20(25)16-28-19-6-4-17(2)5-7-19/h4-7,18H,3,8-16H2,1-2H3. The Morgan fingerprint density at radius 1 is 0.964 bits per heavy atom. The highest BCUT2D eigenvalue weighted by atomic mass is 16.6. The lowest BCUT2D eigenvalue weighted by Crippen LogP contribution is -2.55. The third-order valence-corrected chi connectivity index (χ3v) is 5.56. The van der Waals surface area contributed by atoms with E-state index >= 15 is 0 Å².